The smallest absolute Gasteiger partial charge is 0.252 e. The molecule has 0 spiro atoms. The Morgan fingerprint density at radius 2 is 1.84 bits per heavy atom. The first-order valence-electron chi connectivity index (χ1n) is 7.93. The lowest BCUT2D eigenvalue weighted by atomic mass is 9.93. The summed E-state index contributed by atoms with van der Waals surface area (Å²) in [6, 6.07) is 11.0. The van der Waals surface area contributed by atoms with Crippen molar-refractivity contribution in [3.63, 3.8) is 0 Å². The summed E-state index contributed by atoms with van der Waals surface area (Å²) in [5, 5.41) is 3.06. The number of ether oxygens (including phenoxy) is 2. The molecule has 1 aromatic heterocycles. The number of H-pyrrole nitrogens is 1. The van der Waals surface area contributed by atoms with Crippen molar-refractivity contribution in [2.45, 2.75) is 19.4 Å². The third-order valence-electron chi connectivity index (χ3n) is 4.21. The molecule has 0 fully saturated rings. The minimum absolute atomic E-state index is 0.156. The van der Waals surface area contributed by atoms with Gasteiger partial charge in [0.1, 0.15) is 0 Å². The molecule has 0 aliphatic heterocycles. The van der Waals surface area contributed by atoms with Crippen molar-refractivity contribution >= 4 is 16.9 Å². The summed E-state index contributed by atoms with van der Waals surface area (Å²) in [4.78, 5) is 19.9. The van der Waals surface area contributed by atoms with Crippen molar-refractivity contribution < 1.29 is 14.3 Å². The van der Waals surface area contributed by atoms with Gasteiger partial charge in [0, 0.05) is 5.56 Å². The number of methoxy groups -OCH3 is 2. The number of hydrogen-bond acceptors (Lipinski definition) is 4. The zero-order valence-electron chi connectivity index (χ0n) is 14.7. The third-order valence-corrected chi connectivity index (χ3v) is 4.21. The lowest BCUT2D eigenvalue weighted by Crippen LogP contribution is -2.41. The molecule has 3 aromatic rings. The third kappa shape index (κ3) is 3.28. The topological polar surface area (TPSA) is 76.2 Å². The highest BCUT2D eigenvalue weighted by molar-refractivity contribution is 5.97. The predicted octanol–water partition coefficient (Wildman–Crippen LogP) is 3.25. The summed E-state index contributed by atoms with van der Waals surface area (Å²) in [6.45, 7) is 3.89. The van der Waals surface area contributed by atoms with Crippen molar-refractivity contribution in [3.8, 4) is 11.5 Å². The highest BCUT2D eigenvalue weighted by Gasteiger charge is 2.25. The van der Waals surface area contributed by atoms with Crippen LogP contribution in [0.1, 0.15) is 29.8 Å². The lowest BCUT2D eigenvalue weighted by molar-refractivity contribution is 0.0912. The summed E-state index contributed by atoms with van der Waals surface area (Å²) in [5.74, 6) is 1.12. The lowest BCUT2D eigenvalue weighted by Gasteiger charge is -2.27. The zero-order chi connectivity index (χ0) is 18.0. The second-order valence-corrected chi connectivity index (χ2v) is 6.28. The van der Waals surface area contributed by atoms with E-state index in [0.29, 0.717) is 17.1 Å². The van der Waals surface area contributed by atoms with Gasteiger partial charge in [-0.15, -0.1) is 0 Å². The van der Waals surface area contributed by atoms with Gasteiger partial charge >= 0.3 is 0 Å². The number of carbonyl (C=O) groups excluding carboxylic acids is 1. The van der Waals surface area contributed by atoms with Gasteiger partial charge < -0.3 is 19.8 Å². The molecule has 25 heavy (non-hydrogen) atoms. The molecule has 0 radical (unpaired) electrons. The van der Waals surface area contributed by atoms with Crippen molar-refractivity contribution in [1.82, 2.24) is 15.3 Å². The van der Waals surface area contributed by atoms with Crippen LogP contribution in [0.25, 0.3) is 11.0 Å². The molecule has 130 valence electrons. The fraction of sp³-hybridized carbons (Fsp3) is 0.263. The summed E-state index contributed by atoms with van der Waals surface area (Å²) in [5.41, 5.74) is 2.57. The van der Waals surface area contributed by atoms with E-state index in [1.807, 2.05) is 38.1 Å². The fourth-order valence-corrected chi connectivity index (χ4v) is 2.73. The summed E-state index contributed by atoms with van der Waals surface area (Å²) in [6.07, 6.45) is 1.61. The number of hydrogen-bond donors (Lipinski definition) is 2. The second kappa shape index (κ2) is 6.47. The number of benzene rings is 2. The predicted molar refractivity (Wildman–Crippen MR) is 96.1 cm³/mol. The van der Waals surface area contributed by atoms with Gasteiger partial charge in [-0.3, -0.25) is 4.79 Å². The molecule has 0 atom stereocenters. The van der Waals surface area contributed by atoms with Gasteiger partial charge in [-0.2, -0.15) is 0 Å². The normalized spacial score (nSPS) is 11.4. The van der Waals surface area contributed by atoms with Crippen molar-refractivity contribution in [2.24, 2.45) is 0 Å². The molecule has 0 aliphatic carbocycles. The molecule has 6 nitrogen and oxygen atoms in total. The monoisotopic (exact) mass is 339 g/mol. The first kappa shape index (κ1) is 16.8. The minimum Gasteiger partial charge on any atom is -0.493 e. The maximum absolute atomic E-state index is 12.7. The number of amides is 1. The minimum atomic E-state index is -0.584. The molecular weight excluding hydrogens is 318 g/mol. The Labute approximate surface area is 146 Å². The van der Waals surface area contributed by atoms with Gasteiger partial charge in [0.15, 0.2) is 11.5 Å². The first-order chi connectivity index (χ1) is 11.9. The average molecular weight is 339 g/mol. The molecular formula is C19H21N3O3. The Bertz CT molecular complexity index is 915. The van der Waals surface area contributed by atoms with E-state index in [0.717, 1.165) is 16.6 Å². The molecule has 2 aromatic carbocycles. The van der Waals surface area contributed by atoms with Crippen LogP contribution in [0.3, 0.4) is 0 Å². The van der Waals surface area contributed by atoms with E-state index in [1.54, 1.807) is 32.7 Å². The average Bonchev–Trinajstić information content (AvgIpc) is 3.08. The molecule has 6 heteroatoms. The van der Waals surface area contributed by atoms with E-state index in [1.165, 1.54) is 0 Å². The van der Waals surface area contributed by atoms with Crippen LogP contribution in [0.15, 0.2) is 42.7 Å². The largest absolute Gasteiger partial charge is 0.493 e. The van der Waals surface area contributed by atoms with Crippen LogP contribution in [-0.2, 0) is 5.54 Å². The van der Waals surface area contributed by atoms with Gasteiger partial charge in [0.2, 0.25) is 0 Å². The highest BCUT2D eigenvalue weighted by Crippen LogP contribution is 2.32. The van der Waals surface area contributed by atoms with Crippen molar-refractivity contribution in [1.29, 1.82) is 0 Å². The Morgan fingerprint density at radius 3 is 2.56 bits per heavy atom. The molecule has 2 N–H and O–H groups in total. The maximum atomic E-state index is 12.7. The summed E-state index contributed by atoms with van der Waals surface area (Å²) >= 11 is 0. The Balaban J connectivity index is 1.85. The number of fused-ring (bicyclic) bond motifs is 1. The first-order valence-corrected chi connectivity index (χ1v) is 7.93. The summed E-state index contributed by atoms with van der Waals surface area (Å²) < 4.78 is 10.6. The molecule has 0 bridgehead atoms. The molecule has 1 heterocycles. The fourth-order valence-electron chi connectivity index (χ4n) is 2.73. The molecule has 3 rings (SSSR count). The zero-order valence-corrected chi connectivity index (χ0v) is 14.7. The van der Waals surface area contributed by atoms with Gasteiger partial charge in [-0.1, -0.05) is 6.07 Å². The van der Waals surface area contributed by atoms with E-state index in [2.05, 4.69) is 15.3 Å². The van der Waals surface area contributed by atoms with Crippen LogP contribution >= 0.6 is 0 Å². The SMILES string of the molecule is COc1ccc(C(C)(C)NC(=O)c2ccc3nc[nH]c3c2)cc1OC. The Hall–Kier alpha value is -3.02. The number of imidazole rings is 1. The van der Waals surface area contributed by atoms with Gasteiger partial charge in [-0.25, -0.2) is 4.98 Å². The van der Waals surface area contributed by atoms with Crippen LogP contribution in [0.2, 0.25) is 0 Å². The number of aromatic amines is 1. The number of aromatic nitrogens is 2. The van der Waals surface area contributed by atoms with Crippen LogP contribution < -0.4 is 14.8 Å². The van der Waals surface area contributed by atoms with E-state index >= 15 is 0 Å². The molecule has 0 saturated carbocycles. The Kier molecular flexibility index (Phi) is 4.35. The maximum Gasteiger partial charge on any atom is 0.252 e. The number of carbonyl (C=O) groups is 1. The molecule has 0 aliphatic rings. The number of nitrogens with zero attached hydrogens (tertiary/aromatic N) is 1. The van der Waals surface area contributed by atoms with Gasteiger partial charge in [0.25, 0.3) is 5.91 Å². The van der Waals surface area contributed by atoms with Crippen LogP contribution in [0.5, 0.6) is 11.5 Å². The van der Waals surface area contributed by atoms with Crippen molar-refractivity contribution in [2.75, 3.05) is 14.2 Å². The van der Waals surface area contributed by atoms with Crippen molar-refractivity contribution in [3.05, 3.63) is 53.9 Å². The van der Waals surface area contributed by atoms with E-state index in [-0.39, 0.29) is 5.91 Å². The molecule has 0 unspecified atom stereocenters. The molecule has 1 amide bonds. The Morgan fingerprint density at radius 1 is 1.08 bits per heavy atom. The summed E-state index contributed by atoms with van der Waals surface area (Å²) in [7, 11) is 3.18. The quantitative estimate of drug-likeness (QED) is 0.748. The van der Waals surface area contributed by atoms with Crippen LogP contribution in [0.4, 0.5) is 0 Å². The highest BCUT2D eigenvalue weighted by atomic mass is 16.5. The van der Waals surface area contributed by atoms with Gasteiger partial charge in [-0.05, 0) is 49.7 Å². The standard InChI is InChI=1S/C19H21N3O3/c1-19(2,13-6-8-16(24-3)17(10-13)25-4)22-18(23)12-5-7-14-15(9-12)21-11-20-14/h5-11H,1-4H3,(H,20,21)(H,22,23). The van der Waals surface area contributed by atoms with Crippen LogP contribution in [0, 0.1) is 0 Å². The van der Waals surface area contributed by atoms with E-state index in [4.69, 9.17) is 9.47 Å². The van der Waals surface area contributed by atoms with E-state index in [9.17, 15) is 4.79 Å². The van der Waals surface area contributed by atoms with Crippen LogP contribution in [-0.4, -0.2) is 30.1 Å². The van der Waals surface area contributed by atoms with E-state index < -0.39 is 5.54 Å². The van der Waals surface area contributed by atoms with Gasteiger partial charge in [0.05, 0.1) is 37.1 Å². The number of rotatable bonds is 5. The molecule has 0 saturated heterocycles. The second-order valence-electron chi connectivity index (χ2n) is 6.28. The number of nitrogens with one attached hydrogen (secondary N) is 2.